The van der Waals surface area contributed by atoms with E-state index in [2.05, 4.69) is 10.1 Å². The monoisotopic (exact) mass is 290 g/mol. The van der Waals surface area contributed by atoms with Crippen LogP contribution in [-0.2, 0) is 11.3 Å². The van der Waals surface area contributed by atoms with Gasteiger partial charge in [0, 0.05) is 11.6 Å². The molecule has 2 aromatic rings. The van der Waals surface area contributed by atoms with Crippen LogP contribution in [-0.4, -0.2) is 32.1 Å². The van der Waals surface area contributed by atoms with Gasteiger partial charge in [0.2, 0.25) is 5.82 Å². The zero-order valence-corrected chi connectivity index (χ0v) is 10.7. The molecule has 0 aliphatic rings. The molecule has 1 heterocycles. The molecule has 0 unspecified atom stereocenters. The fourth-order valence-corrected chi connectivity index (χ4v) is 1.67. The number of aromatic carboxylic acids is 1. The summed E-state index contributed by atoms with van der Waals surface area (Å²) in [5.74, 6) is -2.31. The molecule has 2 rings (SSSR count). The second-order valence-electron chi connectivity index (χ2n) is 4.07. The summed E-state index contributed by atoms with van der Waals surface area (Å²) in [5.41, 5.74) is 5.72. The number of nitrogens with two attached hydrogens (primary N) is 1. The highest BCUT2D eigenvalue weighted by Gasteiger charge is 2.18. The van der Waals surface area contributed by atoms with Crippen molar-refractivity contribution >= 4 is 18.0 Å². The van der Waals surface area contributed by atoms with Crippen LogP contribution < -0.4 is 5.73 Å². The molecule has 0 bridgehead atoms. The van der Waals surface area contributed by atoms with Crippen LogP contribution in [0, 0.1) is 5.82 Å². The molecule has 1 aromatic heterocycles. The highest BCUT2D eigenvalue weighted by molar-refractivity contribution is 5.84. The largest absolute Gasteiger partial charge is 0.475 e. The molecule has 0 spiro atoms. The van der Waals surface area contributed by atoms with Crippen molar-refractivity contribution in [3.63, 3.8) is 0 Å². The van der Waals surface area contributed by atoms with Crippen LogP contribution in [0.4, 0.5) is 4.39 Å². The summed E-state index contributed by atoms with van der Waals surface area (Å²) in [6.45, 7) is -0.115. The lowest BCUT2D eigenvalue weighted by molar-refractivity contribution is -0.104. The fourth-order valence-electron chi connectivity index (χ4n) is 1.67. The Morgan fingerprint density at radius 3 is 2.76 bits per heavy atom. The molecular formula is C13H11FN4O3. The Morgan fingerprint density at radius 2 is 2.14 bits per heavy atom. The van der Waals surface area contributed by atoms with E-state index in [-0.39, 0.29) is 23.6 Å². The topological polar surface area (TPSA) is 111 Å². The van der Waals surface area contributed by atoms with E-state index in [1.807, 2.05) is 0 Å². The summed E-state index contributed by atoms with van der Waals surface area (Å²) >= 11 is 0. The van der Waals surface area contributed by atoms with Gasteiger partial charge in [0.1, 0.15) is 12.1 Å². The summed E-state index contributed by atoms with van der Waals surface area (Å²) in [7, 11) is 0. The van der Waals surface area contributed by atoms with Gasteiger partial charge in [-0.1, -0.05) is 18.2 Å². The number of aromatic nitrogens is 3. The minimum absolute atomic E-state index is 0.0696. The Kier molecular flexibility index (Phi) is 4.07. The Labute approximate surface area is 118 Å². The second kappa shape index (κ2) is 5.95. The van der Waals surface area contributed by atoms with Gasteiger partial charge in [-0.3, -0.25) is 4.79 Å². The molecular weight excluding hydrogens is 279 g/mol. The maximum atomic E-state index is 13.6. The van der Waals surface area contributed by atoms with Gasteiger partial charge in [0.05, 0.1) is 12.2 Å². The summed E-state index contributed by atoms with van der Waals surface area (Å²) in [6, 6.07) is 5.91. The first kappa shape index (κ1) is 14.4. The molecule has 0 aliphatic heterocycles. The van der Waals surface area contributed by atoms with E-state index < -0.39 is 17.6 Å². The summed E-state index contributed by atoms with van der Waals surface area (Å²) in [4.78, 5) is 25.2. The zero-order valence-electron chi connectivity index (χ0n) is 10.7. The van der Waals surface area contributed by atoms with Gasteiger partial charge in [-0.25, -0.2) is 13.9 Å². The molecule has 8 heteroatoms. The van der Waals surface area contributed by atoms with Crippen molar-refractivity contribution < 1.29 is 19.1 Å². The highest BCUT2D eigenvalue weighted by atomic mass is 19.1. The number of carboxylic acid groups (broad SMARTS) is 1. The van der Waals surface area contributed by atoms with Crippen LogP contribution in [0.1, 0.15) is 22.0 Å². The first-order chi connectivity index (χ1) is 10.0. The summed E-state index contributed by atoms with van der Waals surface area (Å²) in [6.07, 6.45) is 1.45. The molecule has 3 N–H and O–H groups in total. The highest BCUT2D eigenvalue weighted by Crippen LogP contribution is 2.11. The minimum atomic E-state index is -1.33. The molecule has 0 fully saturated rings. The summed E-state index contributed by atoms with van der Waals surface area (Å²) in [5, 5.41) is 13.0. The van der Waals surface area contributed by atoms with E-state index in [9.17, 15) is 14.0 Å². The lowest BCUT2D eigenvalue weighted by atomic mass is 10.2. The van der Waals surface area contributed by atoms with Crippen LogP contribution in [0.5, 0.6) is 0 Å². The first-order valence-electron chi connectivity index (χ1n) is 5.85. The number of hydrogen-bond acceptors (Lipinski definition) is 5. The molecule has 7 nitrogen and oxygen atoms in total. The van der Waals surface area contributed by atoms with Crippen LogP contribution in [0.2, 0.25) is 0 Å². The number of rotatable bonds is 5. The van der Waals surface area contributed by atoms with Crippen molar-refractivity contribution in [3.8, 4) is 0 Å². The van der Waals surface area contributed by atoms with Gasteiger partial charge < -0.3 is 10.8 Å². The van der Waals surface area contributed by atoms with E-state index in [4.69, 9.17) is 10.8 Å². The van der Waals surface area contributed by atoms with Crippen molar-refractivity contribution in [2.75, 3.05) is 0 Å². The van der Waals surface area contributed by atoms with E-state index in [1.165, 1.54) is 18.2 Å². The third-order valence-corrected chi connectivity index (χ3v) is 2.65. The maximum Gasteiger partial charge on any atom is 0.373 e. The Hall–Kier alpha value is -3.03. The molecule has 108 valence electrons. The van der Waals surface area contributed by atoms with Crippen LogP contribution in [0.15, 0.2) is 30.3 Å². The van der Waals surface area contributed by atoms with Crippen molar-refractivity contribution in [3.05, 3.63) is 53.4 Å². The quantitative estimate of drug-likeness (QED) is 0.618. The molecule has 0 aliphatic carbocycles. The van der Waals surface area contributed by atoms with E-state index >= 15 is 0 Å². The third kappa shape index (κ3) is 3.11. The number of nitrogens with zero attached hydrogens (tertiary/aromatic N) is 3. The molecule has 0 saturated heterocycles. The van der Waals surface area contributed by atoms with Crippen LogP contribution in [0.25, 0.3) is 5.70 Å². The van der Waals surface area contributed by atoms with Gasteiger partial charge in [-0.2, -0.15) is 4.98 Å². The first-order valence-corrected chi connectivity index (χ1v) is 5.85. The average Bonchev–Trinajstić information content (AvgIpc) is 2.86. The number of carbonyl (C=O) groups excluding carboxylic acids is 1. The Balaban J connectivity index is 2.43. The molecule has 21 heavy (non-hydrogen) atoms. The van der Waals surface area contributed by atoms with Crippen LogP contribution in [0.3, 0.4) is 0 Å². The lowest BCUT2D eigenvalue weighted by Gasteiger charge is -2.04. The molecule has 0 amide bonds. The smallest absolute Gasteiger partial charge is 0.373 e. The van der Waals surface area contributed by atoms with Crippen molar-refractivity contribution in [2.45, 2.75) is 6.54 Å². The standard InChI is InChI=1S/C13H11FN4O3/c14-9-4-2-1-3-8(9)7-18-12(13(20)21)16-11(17-18)10(15)5-6-19/h1-6H,7,15H2,(H,20,21). The van der Waals surface area contributed by atoms with Gasteiger partial charge in [-0.15, -0.1) is 5.10 Å². The second-order valence-corrected chi connectivity index (χ2v) is 4.07. The average molecular weight is 290 g/mol. The molecule has 1 aromatic carbocycles. The van der Waals surface area contributed by atoms with Gasteiger partial charge in [0.25, 0.3) is 0 Å². The fraction of sp³-hybridized carbons (Fsp3) is 0.0769. The van der Waals surface area contributed by atoms with Gasteiger partial charge >= 0.3 is 5.97 Å². The Morgan fingerprint density at radius 1 is 1.43 bits per heavy atom. The number of halogens is 1. The normalized spacial score (nSPS) is 11.4. The molecule has 0 radical (unpaired) electrons. The number of carbonyl (C=O) groups is 2. The molecule has 0 saturated carbocycles. The van der Waals surface area contributed by atoms with Gasteiger partial charge in [0.15, 0.2) is 5.82 Å². The number of carboxylic acids is 1. The maximum absolute atomic E-state index is 13.6. The Bertz CT molecular complexity index is 724. The number of hydrogen-bond donors (Lipinski definition) is 2. The third-order valence-electron chi connectivity index (χ3n) is 2.65. The van der Waals surface area contributed by atoms with E-state index in [0.717, 1.165) is 10.8 Å². The predicted molar refractivity (Wildman–Crippen MR) is 70.7 cm³/mol. The van der Waals surface area contributed by atoms with Gasteiger partial charge in [-0.05, 0) is 6.07 Å². The van der Waals surface area contributed by atoms with Crippen molar-refractivity contribution in [1.82, 2.24) is 14.8 Å². The van der Waals surface area contributed by atoms with E-state index in [1.54, 1.807) is 6.07 Å². The van der Waals surface area contributed by atoms with E-state index in [0.29, 0.717) is 6.29 Å². The van der Waals surface area contributed by atoms with Crippen molar-refractivity contribution in [2.24, 2.45) is 5.73 Å². The lowest BCUT2D eigenvalue weighted by Crippen LogP contribution is -2.12. The van der Waals surface area contributed by atoms with Crippen LogP contribution >= 0.6 is 0 Å². The predicted octanol–water partition coefficient (Wildman–Crippen LogP) is 0.662. The number of allylic oxidation sites excluding steroid dienone is 1. The number of aldehydes is 1. The summed E-state index contributed by atoms with van der Waals surface area (Å²) < 4.78 is 14.6. The molecule has 0 atom stereocenters. The van der Waals surface area contributed by atoms with Crippen molar-refractivity contribution in [1.29, 1.82) is 0 Å². The SMILES string of the molecule is NC(=CC=O)c1nc(C(=O)O)n(Cc2ccccc2F)n1. The zero-order chi connectivity index (χ0) is 15.4. The minimum Gasteiger partial charge on any atom is -0.475 e. The number of benzene rings is 1.